The number of hydrogen-bond acceptors (Lipinski definition) is 2. The quantitative estimate of drug-likeness (QED) is 0.577. The van der Waals surface area contributed by atoms with Gasteiger partial charge in [0.15, 0.2) is 0 Å². The molecule has 1 aliphatic heterocycles. The van der Waals surface area contributed by atoms with Crippen molar-refractivity contribution in [3.63, 3.8) is 0 Å². The van der Waals surface area contributed by atoms with Crippen molar-refractivity contribution in [2.75, 3.05) is 13.2 Å². The highest BCUT2D eigenvalue weighted by molar-refractivity contribution is 5.05. The fourth-order valence-corrected chi connectivity index (χ4v) is 1.57. The molecule has 0 spiro atoms. The summed E-state index contributed by atoms with van der Waals surface area (Å²) >= 11 is 0. The molecule has 0 N–H and O–H groups in total. The summed E-state index contributed by atoms with van der Waals surface area (Å²) in [5.41, 5.74) is 0.0672. The van der Waals surface area contributed by atoms with E-state index in [1.807, 2.05) is 0 Å². The van der Waals surface area contributed by atoms with Crippen molar-refractivity contribution < 1.29 is 4.74 Å². The fraction of sp³-hybridized carbons (Fsp3) is 0.889. The molecule has 0 atom stereocenters. The molecule has 0 aliphatic carbocycles. The second-order valence-corrected chi connectivity index (χ2v) is 4.62. The largest absolute Gasteiger partial charge is 0.378 e. The predicted molar refractivity (Wildman–Crippen MR) is 42.9 cm³/mol. The molecular weight excluding hydrogens is 138 g/mol. The van der Waals surface area contributed by atoms with Crippen molar-refractivity contribution in [3.05, 3.63) is 0 Å². The Hall–Kier alpha value is -0.550. The minimum atomic E-state index is -0.168. The van der Waals surface area contributed by atoms with E-state index in [4.69, 9.17) is 10.00 Å². The molecule has 0 aromatic rings. The molecule has 11 heavy (non-hydrogen) atoms. The van der Waals surface area contributed by atoms with Gasteiger partial charge in [0.05, 0.1) is 19.3 Å². The maximum Gasteiger partial charge on any atom is 0.104 e. The average Bonchev–Trinajstić information content (AvgIpc) is 1.77. The molecule has 1 aliphatic rings. The molecule has 1 saturated heterocycles. The fourth-order valence-electron chi connectivity index (χ4n) is 1.57. The summed E-state index contributed by atoms with van der Waals surface area (Å²) in [5.74, 6) is 0. The SMILES string of the molecule is CC(C)(C)CC1(C#N)COC1. The molecule has 2 heteroatoms. The average molecular weight is 153 g/mol. The molecule has 1 rings (SSSR count). The lowest BCUT2D eigenvalue weighted by Gasteiger charge is -2.39. The maximum atomic E-state index is 8.87. The first-order valence-electron chi connectivity index (χ1n) is 3.97. The topological polar surface area (TPSA) is 33.0 Å². The highest BCUT2D eigenvalue weighted by Gasteiger charge is 2.41. The minimum Gasteiger partial charge on any atom is -0.378 e. The Morgan fingerprint density at radius 3 is 2.09 bits per heavy atom. The van der Waals surface area contributed by atoms with Gasteiger partial charge in [-0.3, -0.25) is 0 Å². The number of rotatable bonds is 1. The van der Waals surface area contributed by atoms with Gasteiger partial charge in [0.25, 0.3) is 0 Å². The monoisotopic (exact) mass is 153 g/mol. The summed E-state index contributed by atoms with van der Waals surface area (Å²) in [7, 11) is 0. The first kappa shape index (κ1) is 8.55. The second kappa shape index (κ2) is 2.49. The van der Waals surface area contributed by atoms with E-state index in [0.29, 0.717) is 13.2 Å². The van der Waals surface area contributed by atoms with Crippen LogP contribution in [0.25, 0.3) is 0 Å². The van der Waals surface area contributed by atoms with Crippen LogP contribution in [-0.4, -0.2) is 13.2 Å². The molecule has 1 heterocycles. The lowest BCUT2D eigenvalue weighted by molar-refractivity contribution is -0.0948. The van der Waals surface area contributed by atoms with E-state index < -0.39 is 0 Å². The molecular formula is C9H15NO. The zero-order chi connectivity index (χ0) is 8.54. The molecule has 62 valence electrons. The van der Waals surface area contributed by atoms with Crippen LogP contribution in [0.2, 0.25) is 0 Å². The third-order valence-electron chi connectivity index (χ3n) is 1.86. The van der Waals surface area contributed by atoms with Gasteiger partial charge in [-0.15, -0.1) is 0 Å². The molecule has 2 nitrogen and oxygen atoms in total. The Bertz CT molecular complexity index is 181. The van der Waals surface area contributed by atoms with Gasteiger partial charge in [0.1, 0.15) is 5.41 Å². The number of ether oxygens (including phenoxy) is 1. The lowest BCUT2D eigenvalue weighted by Crippen LogP contribution is -2.43. The molecule has 0 amide bonds. The van der Waals surface area contributed by atoms with Crippen LogP contribution in [-0.2, 0) is 4.74 Å². The van der Waals surface area contributed by atoms with E-state index in [9.17, 15) is 0 Å². The van der Waals surface area contributed by atoms with Crippen molar-refractivity contribution in [1.82, 2.24) is 0 Å². The molecule has 0 radical (unpaired) electrons. The Morgan fingerprint density at radius 2 is 2.00 bits per heavy atom. The zero-order valence-electron chi connectivity index (χ0n) is 7.48. The van der Waals surface area contributed by atoms with E-state index in [0.717, 1.165) is 6.42 Å². The third kappa shape index (κ3) is 1.94. The predicted octanol–water partition coefficient (Wildman–Crippen LogP) is 1.96. The van der Waals surface area contributed by atoms with E-state index in [-0.39, 0.29) is 10.8 Å². The van der Waals surface area contributed by atoms with E-state index in [1.165, 1.54) is 0 Å². The van der Waals surface area contributed by atoms with Crippen molar-refractivity contribution in [2.24, 2.45) is 10.8 Å². The summed E-state index contributed by atoms with van der Waals surface area (Å²) < 4.78 is 5.05. The standard InChI is InChI=1S/C9H15NO/c1-8(2,3)4-9(5-10)6-11-7-9/h4,6-7H2,1-3H3. The van der Waals surface area contributed by atoms with Crippen molar-refractivity contribution >= 4 is 0 Å². The summed E-state index contributed by atoms with van der Waals surface area (Å²) in [6.07, 6.45) is 0.941. The highest BCUT2D eigenvalue weighted by Crippen LogP contribution is 2.38. The highest BCUT2D eigenvalue weighted by atomic mass is 16.5. The van der Waals surface area contributed by atoms with Gasteiger partial charge in [0, 0.05) is 0 Å². The van der Waals surface area contributed by atoms with Crippen LogP contribution in [0, 0.1) is 22.2 Å². The smallest absolute Gasteiger partial charge is 0.104 e. The van der Waals surface area contributed by atoms with Gasteiger partial charge in [-0.1, -0.05) is 20.8 Å². The Labute approximate surface area is 68.2 Å². The van der Waals surface area contributed by atoms with Crippen LogP contribution in [0.3, 0.4) is 0 Å². The summed E-state index contributed by atoms with van der Waals surface area (Å²) in [5, 5.41) is 8.87. The summed E-state index contributed by atoms with van der Waals surface area (Å²) in [6, 6.07) is 2.35. The van der Waals surface area contributed by atoms with Crippen LogP contribution >= 0.6 is 0 Å². The van der Waals surface area contributed by atoms with Gasteiger partial charge in [-0.2, -0.15) is 5.26 Å². The van der Waals surface area contributed by atoms with E-state index in [2.05, 4.69) is 26.8 Å². The maximum absolute atomic E-state index is 8.87. The first-order chi connectivity index (χ1) is 4.97. The lowest BCUT2D eigenvalue weighted by atomic mass is 9.73. The van der Waals surface area contributed by atoms with Gasteiger partial charge in [-0.25, -0.2) is 0 Å². The summed E-state index contributed by atoms with van der Waals surface area (Å²) in [4.78, 5) is 0. The van der Waals surface area contributed by atoms with Crippen LogP contribution < -0.4 is 0 Å². The van der Waals surface area contributed by atoms with Crippen molar-refractivity contribution in [3.8, 4) is 6.07 Å². The first-order valence-corrected chi connectivity index (χ1v) is 3.97. The molecule has 0 unspecified atom stereocenters. The van der Waals surface area contributed by atoms with Crippen LogP contribution in [0.1, 0.15) is 27.2 Å². The van der Waals surface area contributed by atoms with Gasteiger partial charge >= 0.3 is 0 Å². The minimum absolute atomic E-state index is 0.168. The third-order valence-corrected chi connectivity index (χ3v) is 1.86. The second-order valence-electron chi connectivity index (χ2n) is 4.62. The summed E-state index contributed by atoms with van der Waals surface area (Å²) in [6.45, 7) is 7.72. The molecule has 0 saturated carbocycles. The number of nitriles is 1. The van der Waals surface area contributed by atoms with Gasteiger partial charge < -0.3 is 4.74 Å². The molecule has 1 fully saturated rings. The van der Waals surface area contributed by atoms with Gasteiger partial charge in [0.2, 0.25) is 0 Å². The van der Waals surface area contributed by atoms with Crippen molar-refractivity contribution in [1.29, 1.82) is 5.26 Å². The van der Waals surface area contributed by atoms with Crippen LogP contribution in [0.4, 0.5) is 0 Å². The molecule has 0 aromatic heterocycles. The van der Waals surface area contributed by atoms with Crippen LogP contribution in [0.5, 0.6) is 0 Å². The van der Waals surface area contributed by atoms with Gasteiger partial charge in [-0.05, 0) is 11.8 Å². The zero-order valence-corrected chi connectivity index (χ0v) is 7.48. The van der Waals surface area contributed by atoms with E-state index in [1.54, 1.807) is 0 Å². The normalized spacial score (nSPS) is 22.0. The molecule has 0 bridgehead atoms. The van der Waals surface area contributed by atoms with Crippen molar-refractivity contribution in [2.45, 2.75) is 27.2 Å². The van der Waals surface area contributed by atoms with Crippen LogP contribution in [0.15, 0.2) is 0 Å². The number of nitrogens with zero attached hydrogens (tertiary/aromatic N) is 1. The van der Waals surface area contributed by atoms with E-state index >= 15 is 0 Å². The molecule has 0 aromatic carbocycles. The number of hydrogen-bond donors (Lipinski definition) is 0. The Kier molecular flexibility index (Phi) is 1.94. The Balaban J connectivity index is 2.54. The Morgan fingerprint density at radius 1 is 1.45 bits per heavy atom.